The van der Waals surface area contributed by atoms with E-state index in [0.29, 0.717) is 12.5 Å². The highest BCUT2D eigenvalue weighted by molar-refractivity contribution is 5.78. The van der Waals surface area contributed by atoms with Crippen LogP contribution < -0.4 is 10.1 Å². The summed E-state index contributed by atoms with van der Waals surface area (Å²) in [4.78, 5) is 12.8. The van der Waals surface area contributed by atoms with Crippen molar-refractivity contribution < 1.29 is 9.53 Å². The molecule has 0 spiro atoms. The number of benzene rings is 2. The molecule has 1 atom stereocenters. The first kappa shape index (κ1) is 20.4. The van der Waals surface area contributed by atoms with E-state index < -0.39 is 0 Å². The van der Waals surface area contributed by atoms with Crippen LogP contribution in [0.5, 0.6) is 5.75 Å². The van der Waals surface area contributed by atoms with E-state index in [2.05, 4.69) is 48.6 Å². The van der Waals surface area contributed by atoms with E-state index >= 15 is 0 Å². The predicted octanol–water partition coefficient (Wildman–Crippen LogP) is 5.75. The Morgan fingerprint density at radius 3 is 2.11 bits per heavy atom. The molecule has 0 bridgehead atoms. The summed E-state index contributed by atoms with van der Waals surface area (Å²) in [5, 5.41) is 3.27. The summed E-state index contributed by atoms with van der Waals surface area (Å²) in [6.45, 7) is 6.14. The lowest BCUT2D eigenvalue weighted by molar-refractivity contribution is -0.122. The van der Waals surface area contributed by atoms with Gasteiger partial charge in [-0.3, -0.25) is 4.79 Å². The third-order valence-electron chi connectivity index (χ3n) is 5.49. The molecule has 3 heteroatoms. The normalized spacial score (nSPS) is 16.0. The van der Waals surface area contributed by atoms with Crippen LogP contribution in [-0.2, 0) is 4.79 Å². The van der Waals surface area contributed by atoms with Gasteiger partial charge in [-0.05, 0) is 56.9 Å². The molecule has 0 radical (unpaired) electrons. The van der Waals surface area contributed by atoms with Crippen molar-refractivity contribution in [3.63, 3.8) is 0 Å². The molecule has 1 aliphatic carbocycles. The molecule has 2 aromatic carbocycles. The van der Waals surface area contributed by atoms with Gasteiger partial charge in [0.2, 0.25) is 5.91 Å². The molecule has 0 heterocycles. The molecule has 0 aromatic heterocycles. The zero-order valence-electron chi connectivity index (χ0n) is 17.4. The van der Waals surface area contributed by atoms with Gasteiger partial charge in [-0.1, -0.05) is 61.2 Å². The molecule has 3 rings (SSSR count). The van der Waals surface area contributed by atoms with Crippen molar-refractivity contribution in [2.24, 2.45) is 0 Å². The van der Waals surface area contributed by atoms with Crippen LogP contribution in [0.15, 0.2) is 48.5 Å². The summed E-state index contributed by atoms with van der Waals surface area (Å²) in [6, 6.07) is 17.1. The fraction of sp³-hybridized carbons (Fsp3) is 0.480. The van der Waals surface area contributed by atoms with Crippen LogP contribution in [0, 0.1) is 6.92 Å². The highest BCUT2D eigenvalue weighted by Crippen LogP contribution is 2.30. The summed E-state index contributed by atoms with van der Waals surface area (Å²) < 4.78 is 5.77. The van der Waals surface area contributed by atoms with E-state index in [1.165, 1.54) is 30.4 Å². The Hall–Kier alpha value is -2.29. The lowest BCUT2D eigenvalue weighted by atomic mass is 9.87. The Bertz CT molecular complexity index is 743. The summed E-state index contributed by atoms with van der Waals surface area (Å²) in [5.41, 5.74) is 3.57. The van der Waals surface area contributed by atoms with Crippen molar-refractivity contribution in [3.05, 3.63) is 65.2 Å². The smallest absolute Gasteiger partial charge is 0.221 e. The maximum absolute atomic E-state index is 12.8. The Labute approximate surface area is 169 Å². The van der Waals surface area contributed by atoms with Crippen LogP contribution in [0.4, 0.5) is 0 Å². The Kier molecular flexibility index (Phi) is 7.13. The third-order valence-corrected chi connectivity index (χ3v) is 5.49. The number of amides is 1. The first-order chi connectivity index (χ1) is 13.5. The van der Waals surface area contributed by atoms with Gasteiger partial charge in [-0.25, -0.2) is 0 Å². The fourth-order valence-corrected chi connectivity index (χ4v) is 4.00. The molecule has 1 saturated carbocycles. The SMILES string of the molecule is Cc1ccc([C@H](CC(=O)NC2CCCCC2)c2ccc(OC(C)C)cc2)cc1. The summed E-state index contributed by atoms with van der Waals surface area (Å²) in [7, 11) is 0. The Morgan fingerprint density at radius 1 is 0.964 bits per heavy atom. The van der Waals surface area contributed by atoms with Crippen LogP contribution in [0.25, 0.3) is 0 Å². The molecule has 0 saturated heterocycles. The van der Waals surface area contributed by atoms with Crippen molar-refractivity contribution in [3.8, 4) is 5.75 Å². The second-order valence-electron chi connectivity index (χ2n) is 8.31. The zero-order valence-corrected chi connectivity index (χ0v) is 17.4. The van der Waals surface area contributed by atoms with Gasteiger partial charge in [0, 0.05) is 18.4 Å². The number of nitrogens with one attached hydrogen (secondary N) is 1. The summed E-state index contributed by atoms with van der Waals surface area (Å²) in [6.07, 6.45) is 6.60. The molecule has 150 valence electrons. The van der Waals surface area contributed by atoms with Crippen molar-refractivity contribution in [1.82, 2.24) is 5.32 Å². The molecular weight excluding hydrogens is 346 g/mol. The maximum atomic E-state index is 12.8. The maximum Gasteiger partial charge on any atom is 0.221 e. The van der Waals surface area contributed by atoms with Gasteiger partial charge < -0.3 is 10.1 Å². The lowest BCUT2D eigenvalue weighted by Crippen LogP contribution is -2.36. The molecule has 0 aliphatic heterocycles. The van der Waals surface area contributed by atoms with Gasteiger partial charge in [0.15, 0.2) is 0 Å². The fourth-order valence-electron chi connectivity index (χ4n) is 4.00. The van der Waals surface area contributed by atoms with Gasteiger partial charge in [0.05, 0.1) is 6.10 Å². The number of rotatable bonds is 7. The number of carbonyl (C=O) groups excluding carboxylic acids is 1. The van der Waals surface area contributed by atoms with E-state index in [1.807, 2.05) is 26.0 Å². The minimum absolute atomic E-state index is 0.0530. The van der Waals surface area contributed by atoms with Gasteiger partial charge in [-0.15, -0.1) is 0 Å². The largest absolute Gasteiger partial charge is 0.491 e. The standard InChI is InChI=1S/C25H33NO2/c1-18(2)28-23-15-13-21(14-16-23)24(20-11-9-19(3)10-12-20)17-25(27)26-22-7-5-4-6-8-22/h9-16,18,22,24H,4-8,17H2,1-3H3,(H,26,27)/t24-/m0/s1. The highest BCUT2D eigenvalue weighted by atomic mass is 16.5. The topological polar surface area (TPSA) is 38.3 Å². The zero-order chi connectivity index (χ0) is 19.9. The van der Waals surface area contributed by atoms with E-state index in [9.17, 15) is 4.79 Å². The summed E-state index contributed by atoms with van der Waals surface area (Å²) >= 11 is 0. The van der Waals surface area contributed by atoms with Crippen molar-refractivity contribution >= 4 is 5.91 Å². The van der Waals surface area contributed by atoms with Crippen LogP contribution in [-0.4, -0.2) is 18.1 Å². The van der Waals surface area contributed by atoms with Crippen molar-refractivity contribution in [2.75, 3.05) is 0 Å². The molecule has 1 amide bonds. The molecule has 2 aromatic rings. The number of aryl methyl sites for hydroxylation is 1. The van der Waals surface area contributed by atoms with Crippen molar-refractivity contribution in [1.29, 1.82) is 0 Å². The molecular formula is C25H33NO2. The van der Waals surface area contributed by atoms with E-state index in [4.69, 9.17) is 4.74 Å². The molecule has 1 N–H and O–H groups in total. The third kappa shape index (κ3) is 5.85. The lowest BCUT2D eigenvalue weighted by Gasteiger charge is -2.25. The Balaban J connectivity index is 1.76. The van der Waals surface area contributed by atoms with Gasteiger partial charge in [-0.2, -0.15) is 0 Å². The van der Waals surface area contributed by atoms with Crippen LogP contribution in [0.3, 0.4) is 0 Å². The second kappa shape index (κ2) is 9.77. The van der Waals surface area contributed by atoms with E-state index in [0.717, 1.165) is 24.2 Å². The number of carbonyl (C=O) groups is 1. The van der Waals surface area contributed by atoms with E-state index in [1.54, 1.807) is 0 Å². The first-order valence-corrected chi connectivity index (χ1v) is 10.6. The van der Waals surface area contributed by atoms with Gasteiger partial charge >= 0.3 is 0 Å². The monoisotopic (exact) mass is 379 g/mol. The minimum Gasteiger partial charge on any atom is -0.491 e. The molecule has 28 heavy (non-hydrogen) atoms. The van der Waals surface area contributed by atoms with Crippen LogP contribution in [0.1, 0.15) is 75.0 Å². The highest BCUT2D eigenvalue weighted by Gasteiger charge is 2.21. The van der Waals surface area contributed by atoms with E-state index in [-0.39, 0.29) is 17.9 Å². The molecule has 3 nitrogen and oxygen atoms in total. The molecule has 0 unspecified atom stereocenters. The average molecular weight is 380 g/mol. The molecule has 1 fully saturated rings. The Morgan fingerprint density at radius 2 is 1.54 bits per heavy atom. The van der Waals surface area contributed by atoms with Gasteiger partial charge in [0.1, 0.15) is 5.75 Å². The minimum atomic E-state index is 0.0530. The van der Waals surface area contributed by atoms with Crippen molar-refractivity contribution in [2.45, 2.75) is 77.4 Å². The summed E-state index contributed by atoms with van der Waals surface area (Å²) in [5.74, 6) is 1.07. The van der Waals surface area contributed by atoms with Crippen LogP contribution >= 0.6 is 0 Å². The quantitative estimate of drug-likeness (QED) is 0.665. The molecule has 1 aliphatic rings. The first-order valence-electron chi connectivity index (χ1n) is 10.6. The van der Waals surface area contributed by atoms with Gasteiger partial charge in [0.25, 0.3) is 0 Å². The number of hydrogen-bond acceptors (Lipinski definition) is 2. The number of ether oxygens (including phenoxy) is 1. The number of hydrogen-bond donors (Lipinski definition) is 1. The average Bonchev–Trinajstić information content (AvgIpc) is 2.68. The second-order valence-corrected chi connectivity index (χ2v) is 8.31. The van der Waals surface area contributed by atoms with Crippen LogP contribution in [0.2, 0.25) is 0 Å². The predicted molar refractivity (Wildman–Crippen MR) is 115 cm³/mol.